The molecule has 2 aliphatic heterocycles. The minimum atomic E-state index is -0.922. The van der Waals surface area contributed by atoms with Gasteiger partial charge in [-0.05, 0) is 31.4 Å². The summed E-state index contributed by atoms with van der Waals surface area (Å²) in [5, 5.41) is 2.69. The predicted octanol–water partition coefficient (Wildman–Crippen LogP) is 3.28. The zero-order valence-corrected chi connectivity index (χ0v) is 15.9. The molecule has 1 aliphatic carbocycles. The predicted molar refractivity (Wildman–Crippen MR) is 101 cm³/mol. The largest absolute Gasteiger partial charge is 0.494 e. The van der Waals surface area contributed by atoms with Gasteiger partial charge in [-0.1, -0.05) is 0 Å². The quantitative estimate of drug-likeness (QED) is 0.858. The number of methoxy groups -OCH3 is 1. The van der Waals surface area contributed by atoms with Crippen LogP contribution in [0, 0.1) is 18.6 Å². The summed E-state index contributed by atoms with van der Waals surface area (Å²) in [7, 11) is 1.29. The van der Waals surface area contributed by atoms with Crippen LogP contribution in [0.15, 0.2) is 12.3 Å². The molecule has 3 aliphatic rings. The molecule has 1 aromatic carbocycles. The van der Waals surface area contributed by atoms with Gasteiger partial charge in [0.1, 0.15) is 11.5 Å². The standard InChI is InChI=1S/C20H18F2N4O3/c1-9-5-13(29-2)16(22)18(15(9)21)25-8-10-7-23-19-12(6-14(27)24-19)17(10)26(20(25)28)11-3-4-11/h5,7,11H,3-4,6,8H2,1-2H3,(H,23,24,27). The van der Waals surface area contributed by atoms with Crippen LogP contribution in [0.1, 0.15) is 29.5 Å². The van der Waals surface area contributed by atoms with Gasteiger partial charge in [-0.2, -0.15) is 0 Å². The van der Waals surface area contributed by atoms with Crippen LogP contribution in [-0.4, -0.2) is 30.1 Å². The number of nitrogens with one attached hydrogen (secondary N) is 1. The maximum absolute atomic E-state index is 15.0. The Morgan fingerprint density at radius 2 is 1.97 bits per heavy atom. The molecule has 1 fully saturated rings. The SMILES string of the molecule is COc1cc(C)c(F)c(N2Cc3cnc4c(c3N(C3CC3)C2=O)CC(=O)N4)c1F. The zero-order chi connectivity index (χ0) is 20.4. The molecule has 0 atom stereocenters. The lowest BCUT2D eigenvalue weighted by atomic mass is 10.0. The van der Waals surface area contributed by atoms with E-state index >= 15 is 4.39 Å². The van der Waals surface area contributed by atoms with E-state index in [9.17, 15) is 14.0 Å². The van der Waals surface area contributed by atoms with Crippen LogP contribution >= 0.6 is 0 Å². The summed E-state index contributed by atoms with van der Waals surface area (Å²) >= 11 is 0. The Balaban J connectivity index is 1.68. The molecule has 0 saturated heterocycles. The number of nitrogens with zero attached hydrogens (tertiary/aromatic N) is 3. The van der Waals surface area contributed by atoms with E-state index in [0.717, 1.165) is 17.7 Å². The van der Waals surface area contributed by atoms with Crippen LogP contribution in [0.3, 0.4) is 0 Å². The van der Waals surface area contributed by atoms with E-state index in [0.29, 0.717) is 22.6 Å². The molecule has 3 heterocycles. The van der Waals surface area contributed by atoms with Crippen molar-refractivity contribution in [3.8, 4) is 5.75 Å². The van der Waals surface area contributed by atoms with Gasteiger partial charge < -0.3 is 10.1 Å². The van der Waals surface area contributed by atoms with E-state index in [1.54, 1.807) is 11.1 Å². The molecule has 29 heavy (non-hydrogen) atoms. The van der Waals surface area contributed by atoms with Crippen molar-refractivity contribution >= 4 is 29.1 Å². The van der Waals surface area contributed by atoms with Crippen LogP contribution in [0.25, 0.3) is 0 Å². The van der Waals surface area contributed by atoms with Gasteiger partial charge in [0.25, 0.3) is 0 Å². The molecule has 2 aromatic rings. The number of rotatable bonds is 3. The highest BCUT2D eigenvalue weighted by Gasteiger charge is 2.45. The summed E-state index contributed by atoms with van der Waals surface area (Å²) in [5.41, 5.74) is 1.69. The maximum Gasteiger partial charge on any atom is 0.329 e. The van der Waals surface area contributed by atoms with E-state index in [1.165, 1.54) is 20.1 Å². The van der Waals surface area contributed by atoms with Crippen molar-refractivity contribution in [3.05, 3.63) is 40.6 Å². The Hall–Kier alpha value is -3.23. The lowest BCUT2D eigenvalue weighted by Crippen LogP contribution is -2.49. The number of ether oxygens (including phenoxy) is 1. The van der Waals surface area contributed by atoms with Crippen molar-refractivity contribution in [2.24, 2.45) is 0 Å². The number of halogens is 2. The van der Waals surface area contributed by atoms with Crippen LogP contribution < -0.4 is 19.9 Å². The topological polar surface area (TPSA) is 74.8 Å². The average molecular weight is 400 g/mol. The first-order valence-corrected chi connectivity index (χ1v) is 9.34. The Bertz CT molecular complexity index is 1080. The molecular formula is C20H18F2N4O3. The molecule has 1 N–H and O–H groups in total. The summed E-state index contributed by atoms with van der Waals surface area (Å²) in [5.74, 6) is -1.60. The number of anilines is 3. The highest BCUT2D eigenvalue weighted by atomic mass is 19.1. The Kier molecular flexibility index (Phi) is 3.77. The third-order valence-corrected chi connectivity index (χ3v) is 5.55. The molecule has 0 radical (unpaired) electrons. The molecule has 1 saturated carbocycles. The second kappa shape index (κ2) is 6.13. The number of fused-ring (bicyclic) bond motifs is 3. The number of aryl methyl sites for hydroxylation is 1. The molecule has 0 unspecified atom stereocenters. The number of carbonyl (C=O) groups is 2. The fraction of sp³-hybridized carbons (Fsp3) is 0.350. The van der Waals surface area contributed by atoms with Crippen molar-refractivity contribution < 1.29 is 23.1 Å². The maximum atomic E-state index is 15.0. The number of urea groups is 1. The second-order valence-corrected chi connectivity index (χ2v) is 7.53. The van der Waals surface area contributed by atoms with E-state index in [2.05, 4.69) is 10.3 Å². The summed E-state index contributed by atoms with van der Waals surface area (Å²) in [6.07, 6.45) is 3.26. The molecule has 150 valence electrons. The highest BCUT2D eigenvalue weighted by Crippen LogP contribution is 2.45. The van der Waals surface area contributed by atoms with Crippen LogP contribution in [-0.2, 0) is 17.8 Å². The molecule has 0 bridgehead atoms. The number of hydrogen-bond acceptors (Lipinski definition) is 4. The molecule has 0 spiro atoms. The smallest absolute Gasteiger partial charge is 0.329 e. The highest BCUT2D eigenvalue weighted by molar-refractivity contribution is 6.10. The molecule has 3 amide bonds. The van der Waals surface area contributed by atoms with E-state index in [4.69, 9.17) is 4.74 Å². The van der Waals surface area contributed by atoms with Gasteiger partial charge >= 0.3 is 6.03 Å². The van der Waals surface area contributed by atoms with Crippen LogP contribution in [0.2, 0.25) is 0 Å². The number of carbonyl (C=O) groups excluding carboxylic acids is 2. The Labute approximate surface area is 165 Å². The number of amides is 3. The van der Waals surface area contributed by atoms with Gasteiger partial charge in [0.15, 0.2) is 17.4 Å². The number of hydrogen-bond donors (Lipinski definition) is 1. The second-order valence-electron chi connectivity index (χ2n) is 7.53. The van der Waals surface area contributed by atoms with Crippen molar-refractivity contribution in [1.29, 1.82) is 0 Å². The van der Waals surface area contributed by atoms with Gasteiger partial charge in [0, 0.05) is 23.4 Å². The fourth-order valence-corrected chi connectivity index (χ4v) is 4.03. The number of benzene rings is 1. The van der Waals surface area contributed by atoms with Crippen molar-refractivity contribution in [2.45, 2.75) is 38.8 Å². The van der Waals surface area contributed by atoms with E-state index in [1.807, 2.05) is 0 Å². The minimum Gasteiger partial charge on any atom is -0.494 e. The number of aromatic nitrogens is 1. The van der Waals surface area contributed by atoms with Gasteiger partial charge in [-0.3, -0.25) is 14.6 Å². The summed E-state index contributed by atoms with van der Waals surface area (Å²) in [6, 6.07) is 0.684. The minimum absolute atomic E-state index is 0.0493. The van der Waals surface area contributed by atoms with Crippen LogP contribution in [0.4, 0.5) is 30.8 Å². The summed E-state index contributed by atoms with van der Waals surface area (Å²) in [6.45, 7) is 1.44. The van der Waals surface area contributed by atoms with Crippen molar-refractivity contribution in [2.75, 3.05) is 22.2 Å². The molecular weight excluding hydrogens is 382 g/mol. The van der Waals surface area contributed by atoms with Gasteiger partial charge in [0.05, 0.1) is 25.8 Å². The average Bonchev–Trinajstić information content (AvgIpc) is 3.45. The lowest BCUT2D eigenvalue weighted by molar-refractivity contribution is -0.115. The molecule has 5 rings (SSSR count). The van der Waals surface area contributed by atoms with Crippen molar-refractivity contribution in [3.63, 3.8) is 0 Å². The van der Waals surface area contributed by atoms with Gasteiger partial charge in [-0.15, -0.1) is 0 Å². The van der Waals surface area contributed by atoms with E-state index in [-0.39, 0.29) is 36.2 Å². The van der Waals surface area contributed by atoms with Crippen molar-refractivity contribution in [1.82, 2.24) is 4.98 Å². The third-order valence-electron chi connectivity index (χ3n) is 5.55. The third kappa shape index (κ3) is 2.56. The van der Waals surface area contributed by atoms with Crippen LogP contribution in [0.5, 0.6) is 5.75 Å². The monoisotopic (exact) mass is 400 g/mol. The van der Waals surface area contributed by atoms with Gasteiger partial charge in [-0.25, -0.2) is 18.6 Å². The summed E-state index contributed by atoms with van der Waals surface area (Å²) in [4.78, 5) is 32.2. The molecule has 9 heteroatoms. The normalized spacial score (nSPS) is 17.9. The zero-order valence-electron chi connectivity index (χ0n) is 15.9. The molecule has 1 aromatic heterocycles. The Morgan fingerprint density at radius 1 is 1.21 bits per heavy atom. The Morgan fingerprint density at radius 3 is 2.66 bits per heavy atom. The first-order valence-electron chi connectivity index (χ1n) is 9.34. The first-order chi connectivity index (χ1) is 13.9. The summed E-state index contributed by atoms with van der Waals surface area (Å²) < 4.78 is 35.0. The lowest BCUT2D eigenvalue weighted by Gasteiger charge is -2.38. The molecule has 7 nitrogen and oxygen atoms in total. The fourth-order valence-electron chi connectivity index (χ4n) is 4.03. The van der Waals surface area contributed by atoms with Gasteiger partial charge in [0.2, 0.25) is 5.91 Å². The van der Waals surface area contributed by atoms with E-state index < -0.39 is 23.4 Å². The first kappa shape index (κ1) is 17.8. The number of pyridine rings is 1.